The Morgan fingerprint density at radius 1 is 1.00 bits per heavy atom. The molecule has 0 atom stereocenters. The van der Waals surface area contributed by atoms with E-state index in [0.717, 1.165) is 28.4 Å². The molecule has 0 aliphatic rings. The van der Waals surface area contributed by atoms with E-state index in [9.17, 15) is 0 Å². The fourth-order valence-corrected chi connectivity index (χ4v) is 1.88. The molecule has 0 spiro atoms. The first kappa shape index (κ1) is 11.5. The van der Waals surface area contributed by atoms with Crippen molar-refractivity contribution in [1.82, 2.24) is 15.2 Å². The van der Waals surface area contributed by atoms with Gasteiger partial charge in [0.15, 0.2) is 0 Å². The van der Waals surface area contributed by atoms with Crippen LogP contribution in [0.2, 0.25) is 0 Å². The first-order valence-corrected chi connectivity index (χ1v) is 5.98. The second-order valence-corrected chi connectivity index (χ2v) is 4.11. The third kappa shape index (κ3) is 2.33. The van der Waals surface area contributed by atoms with E-state index >= 15 is 0 Å². The van der Waals surface area contributed by atoms with Crippen LogP contribution in [-0.4, -0.2) is 22.3 Å². The molecule has 0 aliphatic heterocycles. The van der Waals surface area contributed by atoms with Crippen LogP contribution in [0.25, 0.3) is 22.6 Å². The van der Waals surface area contributed by atoms with Crippen LogP contribution < -0.4 is 4.74 Å². The number of H-pyrrole nitrogens is 1. The lowest BCUT2D eigenvalue weighted by atomic mass is 10.1. The SMILES string of the molecule is COc1ccc(-c2cc(-c3ccccn3)[nH]n2)cc1. The van der Waals surface area contributed by atoms with E-state index in [4.69, 9.17) is 4.74 Å². The van der Waals surface area contributed by atoms with Gasteiger partial charge in [0.05, 0.1) is 24.2 Å². The molecular formula is C15H13N3O. The summed E-state index contributed by atoms with van der Waals surface area (Å²) in [6.07, 6.45) is 1.77. The first-order valence-electron chi connectivity index (χ1n) is 5.98. The van der Waals surface area contributed by atoms with Crippen molar-refractivity contribution < 1.29 is 4.74 Å². The highest BCUT2D eigenvalue weighted by Crippen LogP contribution is 2.24. The van der Waals surface area contributed by atoms with Crippen LogP contribution in [-0.2, 0) is 0 Å². The highest BCUT2D eigenvalue weighted by molar-refractivity contribution is 5.66. The molecule has 1 aromatic carbocycles. The largest absolute Gasteiger partial charge is 0.497 e. The zero-order chi connectivity index (χ0) is 13.1. The molecule has 0 aliphatic carbocycles. The minimum atomic E-state index is 0.837. The molecule has 4 heteroatoms. The minimum Gasteiger partial charge on any atom is -0.497 e. The number of aromatic nitrogens is 3. The molecule has 0 bridgehead atoms. The van der Waals surface area contributed by atoms with Crippen LogP contribution in [0.3, 0.4) is 0 Å². The van der Waals surface area contributed by atoms with Gasteiger partial charge in [-0.3, -0.25) is 10.1 Å². The fourth-order valence-electron chi connectivity index (χ4n) is 1.88. The first-order chi connectivity index (χ1) is 9.36. The summed E-state index contributed by atoms with van der Waals surface area (Å²) >= 11 is 0. The molecule has 0 saturated carbocycles. The Morgan fingerprint density at radius 3 is 2.53 bits per heavy atom. The number of nitrogens with one attached hydrogen (secondary N) is 1. The van der Waals surface area contributed by atoms with Crippen LogP contribution in [0.5, 0.6) is 5.75 Å². The van der Waals surface area contributed by atoms with E-state index in [1.807, 2.05) is 48.5 Å². The number of ether oxygens (including phenoxy) is 1. The van der Waals surface area contributed by atoms with Crippen molar-refractivity contribution in [1.29, 1.82) is 0 Å². The maximum absolute atomic E-state index is 5.14. The second kappa shape index (κ2) is 4.94. The lowest BCUT2D eigenvalue weighted by Crippen LogP contribution is -1.82. The van der Waals surface area contributed by atoms with Crippen molar-refractivity contribution in [3.63, 3.8) is 0 Å². The van der Waals surface area contributed by atoms with Gasteiger partial charge in [0, 0.05) is 11.8 Å². The summed E-state index contributed by atoms with van der Waals surface area (Å²) in [4.78, 5) is 4.29. The summed E-state index contributed by atoms with van der Waals surface area (Å²) in [6.45, 7) is 0. The lowest BCUT2D eigenvalue weighted by Gasteiger charge is -2.00. The number of benzene rings is 1. The van der Waals surface area contributed by atoms with Gasteiger partial charge in [-0.15, -0.1) is 0 Å². The molecule has 19 heavy (non-hydrogen) atoms. The molecule has 0 amide bonds. The van der Waals surface area contributed by atoms with Crippen molar-refractivity contribution in [2.24, 2.45) is 0 Å². The minimum absolute atomic E-state index is 0.837. The molecule has 3 rings (SSSR count). The van der Waals surface area contributed by atoms with Crippen molar-refractivity contribution in [2.75, 3.05) is 7.11 Å². The Bertz CT molecular complexity index is 659. The maximum atomic E-state index is 5.14. The number of hydrogen-bond acceptors (Lipinski definition) is 3. The summed E-state index contributed by atoms with van der Waals surface area (Å²) in [6, 6.07) is 15.6. The summed E-state index contributed by atoms with van der Waals surface area (Å²) in [5.74, 6) is 0.837. The van der Waals surface area contributed by atoms with E-state index in [0.29, 0.717) is 0 Å². The van der Waals surface area contributed by atoms with Gasteiger partial charge < -0.3 is 4.74 Å². The van der Waals surface area contributed by atoms with E-state index < -0.39 is 0 Å². The Hall–Kier alpha value is -2.62. The van der Waals surface area contributed by atoms with Crippen molar-refractivity contribution in [3.05, 3.63) is 54.7 Å². The Balaban J connectivity index is 1.92. The van der Waals surface area contributed by atoms with Crippen LogP contribution >= 0.6 is 0 Å². The van der Waals surface area contributed by atoms with Gasteiger partial charge in [0.2, 0.25) is 0 Å². The number of hydrogen-bond donors (Lipinski definition) is 1. The highest BCUT2D eigenvalue weighted by atomic mass is 16.5. The molecule has 4 nitrogen and oxygen atoms in total. The number of methoxy groups -OCH3 is 1. The zero-order valence-corrected chi connectivity index (χ0v) is 10.5. The van der Waals surface area contributed by atoms with Gasteiger partial charge in [-0.05, 0) is 42.5 Å². The molecule has 2 aromatic heterocycles. The number of nitrogens with zero attached hydrogens (tertiary/aromatic N) is 2. The number of rotatable bonds is 3. The van der Waals surface area contributed by atoms with E-state index in [2.05, 4.69) is 15.2 Å². The van der Waals surface area contributed by atoms with Gasteiger partial charge in [-0.1, -0.05) is 6.07 Å². The van der Waals surface area contributed by atoms with Gasteiger partial charge in [0.25, 0.3) is 0 Å². The van der Waals surface area contributed by atoms with Gasteiger partial charge in [-0.25, -0.2) is 0 Å². The van der Waals surface area contributed by atoms with Crippen LogP contribution in [0.15, 0.2) is 54.7 Å². The summed E-state index contributed by atoms with van der Waals surface area (Å²) in [5.41, 5.74) is 3.73. The lowest BCUT2D eigenvalue weighted by molar-refractivity contribution is 0.415. The molecule has 0 fully saturated rings. The predicted molar refractivity (Wildman–Crippen MR) is 73.8 cm³/mol. The highest BCUT2D eigenvalue weighted by Gasteiger charge is 2.06. The maximum Gasteiger partial charge on any atom is 0.118 e. The summed E-state index contributed by atoms with van der Waals surface area (Å²) < 4.78 is 5.14. The molecular weight excluding hydrogens is 238 g/mol. The molecule has 0 radical (unpaired) electrons. The standard InChI is InChI=1S/C15H13N3O/c1-19-12-7-5-11(6-8-12)14-10-15(18-17-14)13-4-2-3-9-16-13/h2-10H,1H3,(H,17,18). The van der Waals surface area contributed by atoms with E-state index in [1.54, 1.807) is 13.3 Å². The third-order valence-electron chi connectivity index (χ3n) is 2.90. The quantitative estimate of drug-likeness (QED) is 0.778. The molecule has 2 heterocycles. The van der Waals surface area contributed by atoms with Crippen LogP contribution in [0.1, 0.15) is 0 Å². The molecule has 1 N–H and O–H groups in total. The van der Waals surface area contributed by atoms with Gasteiger partial charge >= 0.3 is 0 Å². The summed E-state index contributed by atoms with van der Waals surface area (Å²) in [5, 5.41) is 7.32. The average Bonchev–Trinajstić information content (AvgIpc) is 2.98. The molecule has 94 valence electrons. The predicted octanol–water partition coefficient (Wildman–Crippen LogP) is 3.15. The van der Waals surface area contributed by atoms with E-state index in [1.165, 1.54) is 0 Å². The fraction of sp³-hybridized carbons (Fsp3) is 0.0667. The average molecular weight is 251 g/mol. The van der Waals surface area contributed by atoms with E-state index in [-0.39, 0.29) is 0 Å². The molecule has 0 unspecified atom stereocenters. The van der Waals surface area contributed by atoms with Gasteiger partial charge in [0.1, 0.15) is 5.75 Å². The Morgan fingerprint density at radius 2 is 1.84 bits per heavy atom. The topological polar surface area (TPSA) is 50.8 Å². The Kier molecular flexibility index (Phi) is 2.98. The molecule has 3 aromatic rings. The molecule has 0 saturated heterocycles. The smallest absolute Gasteiger partial charge is 0.118 e. The van der Waals surface area contributed by atoms with Crippen LogP contribution in [0.4, 0.5) is 0 Å². The number of pyridine rings is 1. The van der Waals surface area contributed by atoms with Crippen molar-refractivity contribution in [3.8, 4) is 28.4 Å². The van der Waals surface area contributed by atoms with Crippen molar-refractivity contribution in [2.45, 2.75) is 0 Å². The monoisotopic (exact) mass is 251 g/mol. The zero-order valence-electron chi connectivity index (χ0n) is 10.5. The number of aromatic amines is 1. The van der Waals surface area contributed by atoms with Crippen molar-refractivity contribution >= 4 is 0 Å². The Labute approximate surface area is 111 Å². The second-order valence-electron chi connectivity index (χ2n) is 4.11. The third-order valence-corrected chi connectivity index (χ3v) is 2.90. The summed E-state index contributed by atoms with van der Waals surface area (Å²) in [7, 11) is 1.66. The van der Waals surface area contributed by atoms with Crippen LogP contribution in [0, 0.1) is 0 Å². The normalized spacial score (nSPS) is 10.4. The van der Waals surface area contributed by atoms with Gasteiger partial charge in [-0.2, -0.15) is 5.10 Å².